The third kappa shape index (κ3) is 4.66. The first-order valence-corrected chi connectivity index (χ1v) is 7.12. The van der Waals surface area contributed by atoms with E-state index in [1.807, 2.05) is 24.3 Å². The van der Waals surface area contributed by atoms with E-state index in [4.69, 9.17) is 11.6 Å². The van der Waals surface area contributed by atoms with Gasteiger partial charge in [0, 0.05) is 17.3 Å². The summed E-state index contributed by atoms with van der Waals surface area (Å²) in [4.78, 5) is 4.36. The number of aromatic nitrogens is 3. The fourth-order valence-corrected chi connectivity index (χ4v) is 1.82. The highest BCUT2D eigenvalue weighted by atomic mass is 35.5. The lowest BCUT2D eigenvalue weighted by Crippen LogP contribution is -2.06. The molecule has 0 spiro atoms. The first-order chi connectivity index (χ1) is 9.78. The summed E-state index contributed by atoms with van der Waals surface area (Å²) in [6.45, 7) is 3.08. The Hall–Kier alpha value is -1.88. The van der Waals surface area contributed by atoms with E-state index in [9.17, 15) is 0 Å². The molecule has 1 heterocycles. The van der Waals surface area contributed by atoms with Crippen molar-refractivity contribution in [1.82, 2.24) is 15.2 Å². The Labute approximate surface area is 123 Å². The van der Waals surface area contributed by atoms with Crippen LogP contribution in [0.4, 0.5) is 17.5 Å². The number of rotatable bonds is 7. The number of hydrogen-bond donors (Lipinski definition) is 2. The maximum absolute atomic E-state index is 5.84. The molecule has 0 radical (unpaired) electrons. The van der Waals surface area contributed by atoms with Crippen LogP contribution in [0.1, 0.15) is 26.2 Å². The lowest BCUT2D eigenvalue weighted by molar-refractivity contribution is 0.741. The van der Waals surface area contributed by atoms with E-state index in [1.165, 1.54) is 12.8 Å². The van der Waals surface area contributed by atoms with E-state index >= 15 is 0 Å². The van der Waals surface area contributed by atoms with Crippen LogP contribution in [0.2, 0.25) is 5.02 Å². The number of benzene rings is 1. The molecule has 0 fully saturated rings. The molecular weight excluding hydrogens is 274 g/mol. The van der Waals surface area contributed by atoms with Gasteiger partial charge in [-0.3, -0.25) is 0 Å². The summed E-state index contributed by atoms with van der Waals surface area (Å²) in [5.74, 6) is 1.19. The van der Waals surface area contributed by atoms with Crippen LogP contribution in [-0.2, 0) is 0 Å². The topological polar surface area (TPSA) is 62.7 Å². The zero-order valence-electron chi connectivity index (χ0n) is 11.4. The van der Waals surface area contributed by atoms with Crippen molar-refractivity contribution >= 4 is 29.1 Å². The van der Waals surface area contributed by atoms with Gasteiger partial charge in [-0.25, -0.2) is 0 Å². The van der Waals surface area contributed by atoms with Crippen molar-refractivity contribution < 1.29 is 0 Å². The molecule has 1 aromatic heterocycles. The van der Waals surface area contributed by atoms with Crippen molar-refractivity contribution in [3.63, 3.8) is 0 Å². The molecule has 5 nitrogen and oxygen atoms in total. The average Bonchev–Trinajstić information content (AvgIpc) is 2.47. The number of nitrogens with zero attached hydrogens (tertiary/aromatic N) is 3. The zero-order valence-corrected chi connectivity index (χ0v) is 12.2. The first kappa shape index (κ1) is 14.5. The molecule has 0 saturated carbocycles. The van der Waals surface area contributed by atoms with Crippen molar-refractivity contribution in [3.05, 3.63) is 35.5 Å². The summed E-state index contributed by atoms with van der Waals surface area (Å²) >= 11 is 5.84. The average molecular weight is 292 g/mol. The van der Waals surface area contributed by atoms with E-state index in [0.717, 1.165) is 24.5 Å². The molecule has 2 aromatic rings. The number of halogens is 1. The van der Waals surface area contributed by atoms with E-state index in [0.29, 0.717) is 11.0 Å². The molecule has 0 aliphatic rings. The maximum atomic E-state index is 5.84. The minimum Gasteiger partial charge on any atom is -0.369 e. The predicted octanol–water partition coefficient (Wildman–Crippen LogP) is 3.87. The van der Waals surface area contributed by atoms with Crippen molar-refractivity contribution in [1.29, 1.82) is 0 Å². The molecule has 20 heavy (non-hydrogen) atoms. The normalized spacial score (nSPS) is 10.3. The van der Waals surface area contributed by atoms with Gasteiger partial charge in [0.15, 0.2) is 5.82 Å². The van der Waals surface area contributed by atoms with Crippen LogP contribution < -0.4 is 10.6 Å². The molecule has 2 N–H and O–H groups in total. The molecule has 0 saturated heterocycles. The van der Waals surface area contributed by atoms with E-state index < -0.39 is 0 Å². The molecule has 106 valence electrons. The lowest BCUT2D eigenvalue weighted by Gasteiger charge is -2.07. The Bertz CT molecular complexity index is 529. The van der Waals surface area contributed by atoms with E-state index in [-0.39, 0.29) is 0 Å². The van der Waals surface area contributed by atoms with Gasteiger partial charge in [-0.05, 0) is 30.7 Å². The first-order valence-electron chi connectivity index (χ1n) is 6.74. The Morgan fingerprint density at radius 3 is 2.70 bits per heavy atom. The smallest absolute Gasteiger partial charge is 0.249 e. The number of hydrogen-bond acceptors (Lipinski definition) is 5. The predicted molar refractivity (Wildman–Crippen MR) is 82.6 cm³/mol. The molecule has 1 aromatic carbocycles. The summed E-state index contributed by atoms with van der Waals surface area (Å²) in [7, 11) is 0. The minimum atomic E-state index is 0.466. The molecule has 0 unspecified atom stereocenters. The molecule has 2 rings (SSSR count). The fraction of sp³-hybridized carbons (Fsp3) is 0.357. The van der Waals surface area contributed by atoms with Crippen molar-refractivity contribution in [2.45, 2.75) is 26.2 Å². The van der Waals surface area contributed by atoms with Gasteiger partial charge < -0.3 is 10.6 Å². The van der Waals surface area contributed by atoms with Crippen molar-refractivity contribution in [2.24, 2.45) is 0 Å². The number of anilines is 3. The van der Waals surface area contributed by atoms with Crippen LogP contribution in [0, 0.1) is 0 Å². The summed E-state index contributed by atoms with van der Waals surface area (Å²) in [6, 6.07) is 7.36. The van der Waals surface area contributed by atoms with Gasteiger partial charge >= 0.3 is 0 Å². The van der Waals surface area contributed by atoms with Gasteiger partial charge in [-0.2, -0.15) is 10.1 Å². The third-order valence-electron chi connectivity index (χ3n) is 2.75. The molecular formula is C14H18ClN5. The van der Waals surface area contributed by atoms with Gasteiger partial charge in [0.2, 0.25) is 5.95 Å². The highest BCUT2D eigenvalue weighted by Crippen LogP contribution is 2.16. The highest BCUT2D eigenvalue weighted by molar-refractivity contribution is 6.30. The molecule has 0 aliphatic heterocycles. The Morgan fingerprint density at radius 1 is 1.15 bits per heavy atom. The quantitative estimate of drug-likeness (QED) is 0.758. The highest BCUT2D eigenvalue weighted by Gasteiger charge is 2.01. The lowest BCUT2D eigenvalue weighted by atomic mass is 10.2. The van der Waals surface area contributed by atoms with E-state index in [2.05, 4.69) is 32.7 Å². The number of nitrogens with one attached hydrogen (secondary N) is 2. The monoisotopic (exact) mass is 291 g/mol. The van der Waals surface area contributed by atoms with Crippen molar-refractivity contribution in [3.8, 4) is 0 Å². The van der Waals surface area contributed by atoms with Gasteiger partial charge in [0.25, 0.3) is 0 Å². The van der Waals surface area contributed by atoms with Crippen LogP contribution in [0.5, 0.6) is 0 Å². The fourth-order valence-electron chi connectivity index (χ4n) is 1.70. The minimum absolute atomic E-state index is 0.466. The third-order valence-corrected chi connectivity index (χ3v) is 3.00. The second-order valence-corrected chi connectivity index (χ2v) is 4.87. The van der Waals surface area contributed by atoms with Crippen LogP contribution >= 0.6 is 11.6 Å². The molecule has 0 bridgehead atoms. The van der Waals surface area contributed by atoms with Crippen molar-refractivity contribution in [2.75, 3.05) is 17.2 Å². The largest absolute Gasteiger partial charge is 0.369 e. The Morgan fingerprint density at radius 2 is 1.95 bits per heavy atom. The standard InChI is InChI=1S/C14H18ClN5/c1-2-3-4-9-16-13-10-17-20-14(19-13)18-12-7-5-11(15)6-8-12/h5-8,10H,2-4,9H2,1H3,(H2,16,18,19,20). The maximum Gasteiger partial charge on any atom is 0.249 e. The SMILES string of the molecule is CCCCCNc1cnnc(Nc2ccc(Cl)cc2)n1. The summed E-state index contributed by atoms with van der Waals surface area (Å²) < 4.78 is 0. The molecule has 0 amide bonds. The summed E-state index contributed by atoms with van der Waals surface area (Å²) in [5, 5.41) is 14.9. The van der Waals surface area contributed by atoms with Crippen LogP contribution in [0.3, 0.4) is 0 Å². The Balaban J connectivity index is 1.93. The van der Waals surface area contributed by atoms with Crippen LogP contribution in [0.25, 0.3) is 0 Å². The van der Waals surface area contributed by atoms with Gasteiger partial charge in [-0.15, -0.1) is 5.10 Å². The van der Waals surface area contributed by atoms with Gasteiger partial charge in [0.05, 0.1) is 6.20 Å². The molecule has 0 atom stereocenters. The summed E-state index contributed by atoms with van der Waals surface area (Å²) in [5.41, 5.74) is 0.874. The Kier molecular flexibility index (Phi) is 5.55. The molecule has 6 heteroatoms. The van der Waals surface area contributed by atoms with E-state index in [1.54, 1.807) is 6.20 Å². The van der Waals surface area contributed by atoms with Crippen LogP contribution in [0.15, 0.2) is 30.5 Å². The molecule has 0 aliphatic carbocycles. The summed E-state index contributed by atoms with van der Waals surface area (Å²) in [6.07, 6.45) is 5.16. The van der Waals surface area contributed by atoms with Crippen LogP contribution in [-0.4, -0.2) is 21.7 Å². The number of unbranched alkanes of at least 4 members (excludes halogenated alkanes) is 2. The zero-order chi connectivity index (χ0) is 14.2. The van der Waals surface area contributed by atoms with Gasteiger partial charge in [0.1, 0.15) is 0 Å². The second-order valence-electron chi connectivity index (χ2n) is 4.43. The second kappa shape index (κ2) is 7.65. The van der Waals surface area contributed by atoms with Gasteiger partial charge in [-0.1, -0.05) is 31.4 Å².